The average molecular weight is 498 g/mol. The number of anilines is 1. The summed E-state index contributed by atoms with van der Waals surface area (Å²) in [5, 5.41) is 8.91. The second-order valence-corrected chi connectivity index (χ2v) is 9.46. The maximum absolute atomic E-state index is 5.92. The Bertz CT molecular complexity index is 1820. The largest absolute Gasteiger partial charge is 0.486 e. The van der Waals surface area contributed by atoms with Gasteiger partial charge in [-0.25, -0.2) is 9.67 Å². The molecule has 38 heavy (non-hydrogen) atoms. The lowest BCUT2D eigenvalue weighted by atomic mass is 10.0. The normalized spacial score (nSPS) is 15.5. The molecule has 4 heterocycles. The first-order valence-electron chi connectivity index (χ1n) is 12.7. The quantitative estimate of drug-likeness (QED) is 0.311. The molecule has 7 heteroatoms. The van der Waals surface area contributed by atoms with Gasteiger partial charge in [0.05, 0.1) is 16.7 Å². The fraction of sp³-hybridized carbons (Fsp3) is 0.0968. The van der Waals surface area contributed by atoms with Crippen LogP contribution in [0.15, 0.2) is 103 Å². The van der Waals surface area contributed by atoms with E-state index in [1.807, 2.05) is 41.1 Å². The number of imidazole rings is 1. The number of ether oxygens (including phenoxy) is 2. The zero-order valence-electron chi connectivity index (χ0n) is 20.4. The van der Waals surface area contributed by atoms with Gasteiger partial charge in [0.1, 0.15) is 30.9 Å². The Morgan fingerprint density at radius 3 is 2.50 bits per heavy atom. The van der Waals surface area contributed by atoms with Crippen molar-refractivity contribution in [2.45, 2.75) is 6.17 Å². The SMILES string of the molecule is c1ccc(-n2cc([C@H]3Nc4ccccc4-c4nc5ccccc5n43)c(-c3ccc4c(c3)OCCO4)n2)cc1. The Morgan fingerprint density at radius 1 is 0.789 bits per heavy atom. The van der Waals surface area contributed by atoms with Crippen molar-refractivity contribution in [2.24, 2.45) is 0 Å². The molecule has 1 N–H and O–H groups in total. The number of nitrogens with zero attached hydrogens (tertiary/aromatic N) is 4. The third-order valence-electron chi connectivity index (χ3n) is 7.19. The van der Waals surface area contributed by atoms with Crippen molar-refractivity contribution < 1.29 is 9.47 Å². The van der Waals surface area contributed by atoms with Gasteiger partial charge in [-0.1, -0.05) is 42.5 Å². The highest BCUT2D eigenvalue weighted by Crippen LogP contribution is 2.43. The third kappa shape index (κ3) is 3.22. The molecule has 0 bridgehead atoms. The van der Waals surface area contributed by atoms with E-state index in [4.69, 9.17) is 19.6 Å². The number of hydrogen-bond donors (Lipinski definition) is 1. The number of benzene rings is 4. The first-order valence-corrected chi connectivity index (χ1v) is 12.7. The van der Waals surface area contributed by atoms with Gasteiger partial charge in [-0.15, -0.1) is 0 Å². The predicted octanol–water partition coefficient (Wildman–Crippen LogP) is 6.30. The molecule has 0 aliphatic carbocycles. The minimum atomic E-state index is -0.229. The molecule has 0 fully saturated rings. The van der Waals surface area contributed by atoms with Crippen molar-refractivity contribution in [3.05, 3.63) is 109 Å². The standard InChI is InChI=1S/C31H23N5O2/c1-2-8-21(9-3-1)35-19-23(29(34-35)20-14-15-27-28(18-20)38-17-16-37-27)31-32-24-11-5-4-10-22(24)30-33-25-12-6-7-13-26(25)36(30)31/h1-15,18-19,31-32H,16-17H2/t31-/m0/s1. The summed E-state index contributed by atoms with van der Waals surface area (Å²) in [5.74, 6) is 2.44. The van der Waals surface area contributed by atoms with Crippen LogP contribution in [-0.2, 0) is 0 Å². The number of hydrogen-bond acceptors (Lipinski definition) is 5. The highest BCUT2D eigenvalue weighted by Gasteiger charge is 2.32. The Kier molecular flexibility index (Phi) is 4.57. The van der Waals surface area contributed by atoms with E-state index >= 15 is 0 Å². The summed E-state index contributed by atoms with van der Waals surface area (Å²) in [5.41, 5.74) is 8.00. The van der Waals surface area contributed by atoms with E-state index < -0.39 is 0 Å². The van der Waals surface area contributed by atoms with E-state index in [-0.39, 0.29) is 6.17 Å². The summed E-state index contributed by atoms with van der Waals surface area (Å²) >= 11 is 0. The van der Waals surface area contributed by atoms with E-state index in [0.717, 1.165) is 62.1 Å². The molecule has 8 rings (SSSR count). The third-order valence-corrected chi connectivity index (χ3v) is 7.19. The molecule has 184 valence electrons. The summed E-state index contributed by atoms with van der Waals surface area (Å²) < 4.78 is 15.9. The highest BCUT2D eigenvalue weighted by atomic mass is 16.6. The van der Waals surface area contributed by atoms with Crippen molar-refractivity contribution in [3.63, 3.8) is 0 Å². The lowest BCUT2D eigenvalue weighted by molar-refractivity contribution is 0.171. The highest BCUT2D eigenvalue weighted by molar-refractivity contribution is 5.87. The summed E-state index contributed by atoms with van der Waals surface area (Å²) in [6.07, 6.45) is 1.89. The molecule has 6 aromatic rings. The van der Waals surface area contributed by atoms with Crippen LogP contribution >= 0.6 is 0 Å². The molecule has 0 spiro atoms. The molecule has 0 amide bonds. The molecular formula is C31H23N5O2. The zero-order chi connectivity index (χ0) is 25.1. The number of rotatable bonds is 3. The van der Waals surface area contributed by atoms with E-state index in [1.165, 1.54) is 0 Å². The fourth-order valence-electron chi connectivity index (χ4n) is 5.44. The van der Waals surface area contributed by atoms with Gasteiger partial charge in [-0.2, -0.15) is 5.10 Å². The molecule has 0 unspecified atom stereocenters. The maximum Gasteiger partial charge on any atom is 0.162 e. The Balaban J connectivity index is 1.37. The smallest absolute Gasteiger partial charge is 0.162 e. The topological polar surface area (TPSA) is 66.1 Å². The van der Waals surface area contributed by atoms with Crippen molar-refractivity contribution in [2.75, 3.05) is 18.5 Å². The predicted molar refractivity (Wildman–Crippen MR) is 147 cm³/mol. The molecule has 4 aromatic carbocycles. The van der Waals surface area contributed by atoms with Gasteiger partial charge in [0.25, 0.3) is 0 Å². The second-order valence-electron chi connectivity index (χ2n) is 9.46. The first-order chi connectivity index (χ1) is 18.8. The molecule has 1 atom stereocenters. The first kappa shape index (κ1) is 21.1. The van der Waals surface area contributed by atoms with Crippen molar-refractivity contribution in [1.29, 1.82) is 0 Å². The number of nitrogens with one attached hydrogen (secondary N) is 1. The molecule has 0 radical (unpaired) electrons. The van der Waals surface area contributed by atoms with E-state index in [2.05, 4.69) is 76.7 Å². The van der Waals surface area contributed by atoms with Crippen LogP contribution in [0.4, 0.5) is 5.69 Å². The van der Waals surface area contributed by atoms with Crippen LogP contribution in [-0.4, -0.2) is 32.5 Å². The van der Waals surface area contributed by atoms with Crippen LogP contribution in [0.1, 0.15) is 11.7 Å². The number of fused-ring (bicyclic) bond motifs is 6. The monoisotopic (exact) mass is 497 g/mol. The van der Waals surface area contributed by atoms with Crippen LogP contribution in [0.25, 0.3) is 39.4 Å². The van der Waals surface area contributed by atoms with Crippen molar-refractivity contribution >= 4 is 16.7 Å². The molecule has 2 aliphatic heterocycles. The van der Waals surface area contributed by atoms with Gasteiger partial charge in [0.15, 0.2) is 11.5 Å². The average Bonchev–Trinajstić information content (AvgIpc) is 3.60. The molecular weight excluding hydrogens is 474 g/mol. The molecule has 0 saturated heterocycles. The van der Waals surface area contributed by atoms with Crippen LogP contribution in [0, 0.1) is 0 Å². The molecule has 0 saturated carbocycles. The molecule has 7 nitrogen and oxygen atoms in total. The summed E-state index contributed by atoms with van der Waals surface area (Å²) in [6, 6.07) is 32.8. The van der Waals surface area contributed by atoms with Crippen LogP contribution in [0.2, 0.25) is 0 Å². The lowest BCUT2D eigenvalue weighted by Crippen LogP contribution is -2.25. The van der Waals surface area contributed by atoms with Gasteiger partial charge >= 0.3 is 0 Å². The summed E-state index contributed by atoms with van der Waals surface area (Å²) in [6.45, 7) is 1.09. The van der Waals surface area contributed by atoms with Gasteiger partial charge in [0.2, 0.25) is 0 Å². The Morgan fingerprint density at radius 2 is 1.58 bits per heavy atom. The Hall–Kier alpha value is -5.04. The minimum absolute atomic E-state index is 0.229. The van der Waals surface area contributed by atoms with E-state index in [0.29, 0.717) is 13.2 Å². The van der Waals surface area contributed by atoms with Crippen LogP contribution in [0.3, 0.4) is 0 Å². The number of para-hydroxylation sites is 4. The van der Waals surface area contributed by atoms with Crippen LogP contribution in [0.5, 0.6) is 11.5 Å². The summed E-state index contributed by atoms with van der Waals surface area (Å²) in [4.78, 5) is 5.05. The van der Waals surface area contributed by atoms with Gasteiger partial charge in [0, 0.05) is 28.6 Å². The fourth-order valence-corrected chi connectivity index (χ4v) is 5.44. The van der Waals surface area contributed by atoms with Gasteiger partial charge in [-0.3, -0.25) is 4.57 Å². The summed E-state index contributed by atoms with van der Waals surface area (Å²) in [7, 11) is 0. The maximum atomic E-state index is 5.92. The van der Waals surface area contributed by atoms with Crippen LogP contribution < -0.4 is 14.8 Å². The molecule has 2 aliphatic rings. The lowest BCUT2D eigenvalue weighted by Gasteiger charge is -2.30. The Labute approximate surface area is 218 Å². The molecule has 2 aromatic heterocycles. The van der Waals surface area contributed by atoms with E-state index in [9.17, 15) is 0 Å². The van der Waals surface area contributed by atoms with Crippen molar-refractivity contribution in [1.82, 2.24) is 19.3 Å². The van der Waals surface area contributed by atoms with Gasteiger partial charge in [-0.05, 0) is 54.6 Å². The van der Waals surface area contributed by atoms with E-state index in [1.54, 1.807) is 0 Å². The van der Waals surface area contributed by atoms with Gasteiger partial charge < -0.3 is 14.8 Å². The second kappa shape index (κ2) is 8.24. The number of aromatic nitrogens is 4. The minimum Gasteiger partial charge on any atom is -0.486 e. The van der Waals surface area contributed by atoms with Crippen molar-refractivity contribution in [3.8, 4) is 39.8 Å². The zero-order valence-corrected chi connectivity index (χ0v) is 20.4.